The number of amides is 1. The van der Waals surface area contributed by atoms with Gasteiger partial charge in [0.15, 0.2) is 5.16 Å². The number of hydrogen-bond acceptors (Lipinski definition) is 6. The normalized spacial score (nSPS) is 15.3. The Bertz CT molecular complexity index is 1220. The minimum Gasteiger partial charge on any atom is -0.508 e. The molecule has 0 saturated carbocycles. The zero-order valence-electron chi connectivity index (χ0n) is 17.5. The maximum atomic E-state index is 13.1. The number of fused-ring (bicyclic) bond motifs is 1. The van der Waals surface area contributed by atoms with Crippen molar-refractivity contribution in [2.45, 2.75) is 30.2 Å². The average Bonchev–Trinajstić information content (AvgIpc) is 2.75. The van der Waals surface area contributed by atoms with Crippen molar-refractivity contribution in [2.75, 3.05) is 12.4 Å². The van der Waals surface area contributed by atoms with Gasteiger partial charge < -0.3 is 19.7 Å². The smallest absolute Gasteiger partial charge is 0.279 e. The van der Waals surface area contributed by atoms with Crippen molar-refractivity contribution in [1.82, 2.24) is 9.55 Å². The number of ether oxygens (including phenoxy) is 1. The summed E-state index contributed by atoms with van der Waals surface area (Å²) in [6, 6.07) is 12.8. The van der Waals surface area contributed by atoms with Crippen molar-refractivity contribution >= 4 is 23.5 Å². The van der Waals surface area contributed by atoms with Gasteiger partial charge in [0.1, 0.15) is 17.3 Å². The molecule has 0 unspecified atom stereocenters. The fourth-order valence-corrected chi connectivity index (χ4v) is 4.87. The molecule has 1 aliphatic heterocycles. The van der Waals surface area contributed by atoms with Crippen molar-refractivity contribution in [3.8, 4) is 11.5 Å². The lowest BCUT2D eigenvalue weighted by atomic mass is 9.86. The lowest BCUT2D eigenvalue weighted by Gasteiger charge is -2.28. The Morgan fingerprint density at radius 1 is 1.26 bits per heavy atom. The van der Waals surface area contributed by atoms with Crippen LogP contribution in [0.4, 0.5) is 5.82 Å². The molecule has 3 aromatic rings. The third-order valence-corrected chi connectivity index (χ3v) is 6.59. The summed E-state index contributed by atoms with van der Waals surface area (Å²) in [7, 11) is 3.28. The molecule has 8 heteroatoms. The predicted octanol–water partition coefficient (Wildman–Crippen LogP) is 3.57. The van der Waals surface area contributed by atoms with Crippen LogP contribution in [0, 0.1) is 6.92 Å². The summed E-state index contributed by atoms with van der Waals surface area (Å²) < 4.78 is 7.16. The van der Waals surface area contributed by atoms with E-state index in [1.54, 1.807) is 17.7 Å². The first-order chi connectivity index (χ1) is 14.9. The van der Waals surface area contributed by atoms with E-state index >= 15 is 0 Å². The van der Waals surface area contributed by atoms with Crippen molar-refractivity contribution in [1.29, 1.82) is 0 Å². The van der Waals surface area contributed by atoms with Gasteiger partial charge in [0.2, 0.25) is 5.91 Å². The number of aromatic hydroxyl groups is 1. The first-order valence-corrected chi connectivity index (χ1v) is 10.8. The largest absolute Gasteiger partial charge is 0.508 e. The van der Waals surface area contributed by atoms with Gasteiger partial charge in [-0.3, -0.25) is 9.59 Å². The maximum absolute atomic E-state index is 13.1. The third-order valence-electron chi connectivity index (χ3n) is 5.51. The number of hydrogen-bond donors (Lipinski definition) is 2. The molecular formula is C23H23N3O4S. The number of aryl methyl sites for hydroxylation is 1. The summed E-state index contributed by atoms with van der Waals surface area (Å²) in [5, 5.41) is 13.2. The maximum Gasteiger partial charge on any atom is 0.279 e. The van der Waals surface area contributed by atoms with Gasteiger partial charge >= 0.3 is 0 Å². The lowest BCUT2D eigenvalue weighted by molar-refractivity contribution is -0.116. The molecule has 4 rings (SSSR count). The van der Waals surface area contributed by atoms with E-state index < -0.39 is 5.92 Å². The van der Waals surface area contributed by atoms with Crippen LogP contribution in [0.1, 0.15) is 34.6 Å². The van der Waals surface area contributed by atoms with Crippen LogP contribution in [0.2, 0.25) is 0 Å². The Kier molecular flexibility index (Phi) is 5.73. The van der Waals surface area contributed by atoms with Gasteiger partial charge in [-0.05, 0) is 24.1 Å². The zero-order chi connectivity index (χ0) is 22.1. The fraction of sp³-hybridized carbons (Fsp3) is 0.261. The minimum atomic E-state index is -0.513. The molecule has 0 aliphatic carbocycles. The van der Waals surface area contributed by atoms with Gasteiger partial charge in [-0.15, -0.1) is 0 Å². The van der Waals surface area contributed by atoms with Crippen LogP contribution in [0.15, 0.2) is 52.4 Å². The number of thioether (sulfide) groups is 1. The monoisotopic (exact) mass is 437 g/mol. The second kappa shape index (κ2) is 8.47. The highest BCUT2D eigenvalue weighted by molar-refractivity contribution is 7.98. The number of nitrogens with one attached hydrogen (secondary N) is 1. The number of carbonyl (C=O) groups excluding carboxylic acids is 1. The molecule has 2 aromatic carbocycles. The highest BCUT2D eigenvalue weighted by Gasteiger charge is 2.33. The van der Waals surface area contributed by atoms with Crippen LogP contribution < -0.4 is 15.6 Å². The van der Waals surface area contributed by atoms with E-state index in [1.807, 2.05) is 31.2 Å². The minimum absolute atomic E-state index is 0.0510. The van der Waals surface area contributed by atoms with Gasteiger partial charge in [-0.2, -0.15) is 4.98 Å². The van der Waals surface area contributed by atoms with E-state index in [4.69, 9.17) is 4.74 Å². The molecule has 31 heavy (non-hydrogen) atoms. The average molecular weight is 438 g/mol. The first-order valence-electron chi connectivity index (χ1n) is 9.84. The highest BCUT2D eigenvalue weighted by atomic mass is 32.2. The number of aromatic nitrogens is 2. The summed E-state index contributed by atoms with van der Waals surface area (Å²) in [6.07, 6.45) is 0.0980. The Balaban J connectivity index is 1.76. The van der Waals surface area contributed by atoms with E-state index in [1.165, 1.54) is 36.6 Å². The first kappa shape index (κ1) is 21.0. The third kappa shape index (κ3) is 4.03. The van der Waals surface area contributed by atoms with Gasteiger partial charge in [0, 0.05) is 36.8 Å². The van der Waals surface area contributed by atoms with Crippen molar-refractivity contribution in [3.63, 3.8) is 0 Å². The quantitative estimate of drug-likeness (QED) is 0.468. The second-order valence-corrected chi connectivity index (χ2v) is 8.41. The Hall–Kier alpha value is -3.26. The van der Waals surface area contributed by atoms with Crippen LogP contribution in [0.25, 0.3) is 0 Å². The molecule has 1 atom stereocenters. The molecule has 0 saturated heterocycles. The van der Waals surface area contributed by atoms with Crippen LogP contribution in [0.5, 0.6) is 11.5 Å². The van der Waals surface area contributed by atoms with Crippen LogP contribution in [0.3, 0.4) is 0 Å². The number of benzene rings is 2. The topological polar surface area (TPSA) is 93.4 Å². The number of rotatable bonds is 5. The van der Waals surface area contributed by atoms with E-state index in [0.29, 0.717) is 33.6 Å². The summed E-state index contributed by atoms with van der Waals surface area (Å²) in [6.45, 7) is 2.05. The Morgan fingerprint density at radius 3 is 2.77 bits per heavy atom. The fourth-order valence-electron chi connectivity index (χ4n) is 3.83. The summed E-state index contributed by atoms with van der Waals surface area (Å²) in [4.78, 5) is 30.0. The standard InChI is InChI=1S/C23H23N3O4S/c1-13-6-4-5-7-14(13)12-31-23-25-22(29)20-17(11-19(28)24-21(20)26(23)2)16-9-8-15(27)10-18(16)30-3/h4-10,17,27H,11-12H2,1-3H3,(H,24,28)/t17-/m1/s1. The van der Waals surface area contributed by atoms with E-state index in [-0.39, 0.29) is 23.6 Å². The molecular weight excluding hydrogens is 414 g/mol. The van der Waals surface area contributed by atoms with Crippen molar-refractivity contribution in [2.24, 2.45) is 7.05 Å². The molecule has 7 nitrogen and oxygen atoms in total. The lowest BCUT2D eigenvalue weighted by Crippen LogP contribution is -2.33. The summed E-state index contributed by atoms with van der Waals surface area (Å²) in [5.74, 6) is 0.878. The molecule has 0 fully saturated rings. The van der Waals surface area contributed by atoms with E-state index in [0.717, 1.165) is 5.56 Å². The number of methoxy groups -OCH3 is 1. The number of nitrogens with zero attached hydrogens (tertiary/aromatic N) is 2. The van der Waals surface area contributed by atoms with Crippen LogP contribution in [-0.4, -0.2) is 27.7 Å². The van der Waals surface area contributed by atoms with Gasteiger partial charge in [0.05, 0.1) is 12.7 Å². The molecule has 160 valence electrons. The Morgan fingerprint density at radius 2 is 2.03 bits per heavy atom. The predicted molar refractivity (Wildman–Crippen MR) is 120 cm³/mol. The number of phenols is 1. The van der Waals surface area contributed by atoms with E-state index in [9.17, 15) is 14.7 Å². The molecule has 2 N–H and O–H groups in total. The zero-order valence-corrected chi connectivity index (χ0v) is 18.3. The SMILES string of the molecule is COc1cc(O)ccc1[C@H]1CC(=O)Nc2c1c(=O)nc(SCc1ccccc1C)n2C. The van der Waals surface area contributed by atoms with Crippen LogP contribution in [-0.2, 0) is 17.6 Å². The van der Waals surface area contributed by atoms with Crippen molar-refractivity contribution < 1.29 is 14.6 Å². The number of phenolic OH excluding ortho intramolecular Hbond substituents is 1. The van der Waals surface area contributed by atoms with Gasteiger partial charge in [-0.25, -0.2) is 0 Å². The Labute approximate surface area is 184 Å². The number of carbonyl (C=O) groups is 1. The molecule has 0 radical (unpaired) electrons. The molecule has 1 aromatic heterocycles. The summed E-state index contributed by atoms with van der Waals surface area (Å²) >= 11 is 1.45. The van der Waals surface area contributed by atoms with Crippen LogP contribution >= 0.6 is 11.8 Å². The number of anilines is 1. The van der Waals surface area contributed by atoms with Crippen molar-refractivity contribution in [3.05, 3.63) is 75.1 Å². The molecule has 1 amide bonds. The van der Waals surface area contributed by atoms with E-state index in [2.05, 4.69) is 10.3 Å². The van der Waals surface area contributed by atoms with Gasteiger partial charge in [-0.1, -0.05) is 42.1 Å². The molecule has 0 bridgehead atoms. The highest BCUT2D eigenvalue weighted by Crippen LogP contribution is 2.40. The molecule has 0 spiro atoms. The summed E-state index contributed by atoms with van der Waals surface area (Å²) in [5.41, 5.74) is 3.04. The molecule has 1 aliphatic rings. The molecule has 2 heterocycles. The second-order valence-electron chi connectivity index (χ2n) is 7.47. The van der Waals surface area contributed by atoms with Gasteiger partial charge in [0.25, 0.3) is 5.56 Å².